The van der Waals surface area contributed by atoms with Crippen LogP contribution in [0.4, 0.5) is 18.9 Å². The summed E-state index contributed by atoms with van der Waals surface area (Å²) in [5.41, 5.74) is 1.44. The van der Waals surface area contributed by atoms with E-state index in [4.69, 9.17) is 4.42 Å². The number of anilines is 1. The highest BCUT2D eigenvalue weighted by molar-refractivity contribution is 5.93. The highest BCUT2D eigenvalue weighted by Crippen LogP contribution is 2.37. The maximum atomic E-state index is 14.3. The second kappa shape index (κ2) is 9.60. The minimum atomic E-state index is -4.75. The summed E-state index contributed by atoms with van der Waals surface area (Å²) in [5, 5.41) is 15.0. The number of pyridine rings is 1. The number of halogens is 3. The fourth-order valence-corrected chi connectivity index (χ4v) is 5.12. The number of rotatable bonds is 4. The number of oxazole rings is 1. The van der Waals surface area contributed by atoms with E-state index in [0.717, 1.165) is 21.9 Å². The molecule has 0 amide bonds. The van der Waals surface area contributed by atoms with Crippen molar-refractivity contribution in [1.82, 2.24) is 19.7 Å². The maximum Gasteiger partial charge on any atom is 0.418 e. The highest BCUT2D eigenvalue weighted by Gasteiger charge is 2.36. The minimum Gasteiger partial charge on any atom is -0.444 e. The van der Waals surface area contributed by atoms with Crippen LogP contribution in [0, 0.1) is 13.8 Å². The molecule has 0 aliphatic carbocycles. The van der Waals surface area contributed by atoms with Gasteiger partial charge in [-0.05, 0) is 73.9 Å². The van der Waals surface area contributed by atoms with Crippen molar-refractivity contribution >= 4 is 16.6 Å². The van der Waals surface area contributed by atoms with Gasteiger partial charge in [0.2, 0.25) is 0 Å². The monoisotopic (exact) mass is 547 g/mol. The number of nitrogens with zero attached hydrogens (tertiary/aromatic N) is 5. The Balaban J connectivity index is 1.64. The van der Waals surface area contributed by atoms with Gasteiger partial charge in [-0.1, -0.05) is 0 Å². The Labute approximate surface area is 226 Å². The van der Waals surface area contributed by atoms with E-state index in [9.17, 15) is 23.1 Å². The van der Waals surface area contributed by atoms with E-state index in [1.807, 2.05) is 26.0 Å². The number of β-amino-alcohol motifs (C(OH)–C–C–N with tert-alkyl or cyclic N) is 1. The Morgan fingerprint density at radius 3 is 2.52 bits per heavy atom. The Bertz CT molecular complexity index is 1800. The Kier molecular flexibility index (Phi) is 6.18. The van der Waals surface area contributed by atoms with Gasteiger partial charge in [-0.25, -0.2) is 9.97 Å². The van der Waals surface area contributed by atoms with Crippen LogP contribution in [-0.2, 0) is 6.18 Å². The molecule has 3 aromatic heterocycles. The molecule has 5 aromatic rings. The molecular formula is C29H24F3N5O3. The summed E-state index contributed by atoms with van der Waals surface area (Å²) in [6, 6.07) is 10.9. The molecular weight excluding hydrogens is 523 g/mol. The van der Waals surface area contributed by atoms with Gasteiger partial charge in [0.25, 0.3) is 5.56 Å². The van der Waals surface area contributed by atoms with Gasteiger partial charge >= 0.3 is 6.18 Å². The highest BCUT2D eigenvalue weighted by atomic mass is 19.4. The van der Waals surface area contributed by atoms with Crippen LogP contribution in [0.15, 0.2) is 70.5 Å². The van der Waals surface area contributed by atoms with Gasteiger partial charge in [-0.3, -0.25) is 4.79 Å². The van der Waals surface area contributed by atoms with Gasteiger partial charge < -0.3 is 14.4 Å². The lowest BCUT2D eigenvalue weighted by Gasteiger charge is -2.22. The number of hydrogen-bond acceptors (Lipinski definition) is 7. The lowest BCUT2D eigenvalue weighted by atomic mass is 10.00. The van der Waals surface area contributed by atoms with Crippen LogP contribution in [0.1, 0.15) is 23.1 Å². The van der Waals surface area contributed by atoms with Crippen LogP contribution in [0.3, 0.4) is 0 Å². The Hall–Kier alpha value is -4.51. The quantitative estimate of drug-likeness (QED) is 0.326. The third kappa shape index (κ3) is 4.62. The summed E-state index contributed by atoms with van der Waals surface area (Å²) in [7, 11) is 0. The van der Waals surface area contributed by atoms with E-state index in [1.54, 1.807) is 23.2 Å². The van der Waals surface area contributed by atoms with Crippen molar-refractivity contribution in [2.24, 2.45) is 0 Å². The van der Waals surface area contributed by atoms with Crippen LogP contribution in [0.25, 0.3) is 39.2 Å². The number of alkyl halides is 3. The molecule has 1 aliphatic rings. The number of benzene rings is 2. The number of hydrogen-bond donors (Lipinski definition) is 1. The topological polar surface area (TPSA) is 97.3 Å². The predicted octanol–water partition coefficient (Wildman–Crippen LogP) is 5.31. The lowest BCUT2D eigenvalue weighted by Crippen LogP contribution is -2.27. The zero-order chi connectivity index (χ0) is 28.2. The van der Waals surface area contributed by atoms with Crippen LogP contribution >= 0.6 is 0 Å². The van der Waals surface area contributed by atoms with E-state index in [1.165, 1.54) is 24.7 Å². The molecule has 0 saturated carbocycles. The molecule has 4 heterocycles. The number of aliphatic hydroxyl groups is 1. The first-order valence-corrected chi connectivity index (χ1v) is 12.6. The lowest BCUT2D eigenvalue weighted by molar-refractivity contribution is -0.137. The largest absolute Gasteiger partial charge is 0.444 e. The van der Waals surface area contributed by atoms with Gasteiger partial charge in [0, 0.05) is 41.5 Å². The summed E-state index contributed by atoms with van der Waals surface area (Å²) >= 11 is 0. The molecule has 0 bridgehead atoms. The van der Waals surface area contributed by atoms with Crippen molar-refractivity contribution in [2.75, 3.05) is 18.0 Å². The van der Waals surface area contributed by atoms with Gasteiger partial charge in [-0.2, -0.15) is 23.0 Å². The molecule has 204 valence electrons. The summed E-state index contributed by atoms with van der Waals surface area (Å²) in [6.45, 7) is 4.45. The summed E-state index contributed by atoms with van der Waals surface area (Å²) in [6.07, 6.45) is -0.458. The third-order valence-electron chi connectivity index (χ3n) is 6.99. The number of aryl methyl sites for hydroxylation is 2. The van der Waals surface area contributed by atoms with Crippen molar-refractivity contribution in [2.45, 2.75) is 32.5 Å². The molecule has 0 radical (unpaired) electrons. The van der Waals surface area contributed by atoms with Crippen LogP contribution < -0.4 is 10.5 Å². The molecule has 1 fully saturated rings. The van der Waals surface area contributed by atoms with Gasteiger partial charge in [0.15, 0.2) is 12.2 Å². The van der Waals surface area contributed by atoms with Crippen molar-refractivity contribution in [1.29, 1.82) is 0 Å². The van der Waals surface area contributed by atoms with Crippen molar-refractivity contribution < 1.29 is 22.7 Å². The Morgan fingerprint density at radius 2 is 1.82 bits per heavy atom. The number of aromatic nitrogens is 4. The summed E-state index contributed by atoms with van der Waals surface area (Å²) in [5.74, 6) is 0.511. The first-order chi connectivity index (χ1) is 19.1. The Morgan fingerprint density at radius 1 is 1.02 bits per heavy atom. The molecule has 40 heavy (non-hydrogen) atoms. The first-order valence-electron chi connectivity index (χ1n) is 12.6. The third-order valence-corrected chi connectivity index (χ3v) is 6.99. The SMILES string of the molecule is Cc1cc(-c2cnco2)cc(-c2nn(-c3cc(N4CCC(O)C4)ccc3C(F)(F)F)c(=O)c3ncc(C)cc23)c1. The molecule has 8 nitrogen and oxygen atoms in total. The molecule has 0 spiro atoms. The maximum absolute atomic E-state index is 14.3. The average Bonchev–Trinajstić information content (AvgIpc) is 3.60. The molecule has 11 heteroatoms. The summed E-state index contributed by atoms with van der Waals surface area (Å²) < 4.78 is 49.0. The van der Waals surface area contributed by atoms with Gasteiger partial charge in [-0.15, -0.1) is 0 Å². The molecule has 2 aromatic carbocycles. The fourth-order valence-electron chi connectivity index (χ4n) is 5.12. The predicted molar refractivity (Wildman–Crippen MR) is 143 cm³/mol. The van der Waals surface area contributed by atoms with Crippen molar-refractivity contribution in [3.8, 4) is 28.3 Å². The molecule has 1 aliphatic heterocycles. The number of aliphatic hydroxyl groups excluding tert-OH is 1. The fraction of sp³-hybridized carbons (Fsp3) is 0.241. The zero-order valence-electron chi connectivity index (χ0n) is 21.6. The van der Waals surface area contributed by atoms with E-state index < -0.39 is 29.1 Å². The second-order valence-corrected chi connectivity index (χ2v) is 10.0. The van der Waals surface area contributed by atoms with Gasteiger partial charge in [0.1, 0.15) is 11.2 Å². The normalized spacial score (nSPS) is 15.8. The summed E-state index contributed by atoms with van der Waals surface area (Å²) in [4.78, 5) is 23.8. The molecule has 1 atom stereocenters. The molecule has 6 rings (SSSR count). The molecule has 1 N–H and O–H groups in total. The average molecular weight is 548 g/mol. The minimum absolute atomic E-state index is 0.00607. The first kappa shape index (κ1) is 25.8. The van der Waals surface area contributed by atoms with E-state index in [-0.39, 0.29) is 12.1 Å². The molecule has 1 unspecified atom stereocenters. The van der Waals surface area contributed by atoms with Gasteiger partial charge in [0.05, 0.1) is 23.6 Å². The van der Waals surface area contributed by atoms with Crippen LogP contribution in [0.2, 0.25) is 0 Å². The van der Waals surface area contributed by atoms with Crippen LogP contribution in [-0.4, -0.2) is 44.0 Å². The smallest absolute Gasteiger partial charge is 0.418 e. The second-order valence-electron chi connectivity index (χ2n) is 10.0. The van der Waals surface area contributed by atoms with Crippen LogP contribution in [0.5, 0.6) is 0 Å². The van der Waals surface area contributed by atoms with E-state index >= 15 is 0 Å². The van der Waals surface area contributed by atoms with Crippen molar-refractivity contribution in [3.05, 3.63) is 88.3 Å². The number of fused-ring (bicyclic) bond motifs is 1. The zero-order valence-corrected chi connectivity index (χ0v) is 21.6. The van der Waals surface area contributed by atoms with E-state index in [2.05, 4.69) is 15.1 Å². The van der Waals surface area contributed by atoms with Crippen molar-refractivity contribution in [3.63, 3.8) is 0 Å². The standard InChI is InChI=1S/C29H24F3N5O3/c1-16-7-18(25-13-33-15-40-25)10-19(8-16)26-22-9-17(2)12-34-27(22)28(39)37(35-26)24-11-20(36-6-5-21(38)14-36)3-4-23(24)29(30,31)32/h3-4,7-13,15,21,38H,5-6,14H2,1-2H3. The molecule has 1 saturated heterocycles. The van der Waals surface area contributed by atoms with E-state index in [0.29, 0.717) is 46.6 Å².